The summed E-state index contributed by atoms with van der Waals surface area (Å²) in [6, 6.07) is 4.73. The zero-order valence-electron chi connectivity index (χ0n) is 13.2. The fraction of sp³-hybridized carbons (Fsp3) is 0.533. The number of halogens is 3. The van der Waals surface area contributed by atoms with Gasteiger partial charge in [0.25, 0.3) is 0 Å². The monoisotopic (exact) mass is 334 g/mol. The van der Waals surface area contributed by atoms with Crippen LogP contribution in [0.3, 0.4) is 0 Å². The minimum Gasteiger partial charge on any atom is -0.490 e. The zero-order chi connectivity index (χ0) is 17.8. The molecule has 1 amide bonds. The third kappa shape index (κ3) is 5.72. The Morgan fingerprint density at radius 3 is 2.43 bits per heavy atom. The standard InChI is InChI=1S/C15H21F3N2O3/c1-14(2,19)13(22)20(3)8-10(21)9-23-12-7-5-4-6-11(12)15(16,17)18/h4-7,10,21H,8-9,19H2,1-3H3. The zero-order valence-corrected chi connectivity index (χ0v) is 13.2. The van der Waals surface area contributed by atoms with E-state index in [2.05, 4.69) is 0 Å². The summed E-state index contributed by atoms with van der Waals surface area (Å²) in [5.74, 6) is -0.764. The highest BCUT2D eigenvalue weighted by Crippen LogP contribution is 2.35. The third-order valence-corrected chi connectivity index (χ3v) is 3.01. The smallest absolute Gasteiger partial charge is 0.419 e. The Kier molecular flexibility index (Phi) is 6.01. The van der Waals surface area contributed by atoms with Gasteiger partial charge in [-0.2, -0.15) is 13.2 Å². The van der Waals surface area contributed by atoms with Crippen LogP contribution in [0, 0.1) is 0 Å². The molecule has 5 nitrogen and oxygen atoms in total. The molecular formula is C15H21F3N2O3. The van der Waals surface area contributed by atoms with Crippen LogP contribution in [-0.4, -0.2) is 47.8 Å². The van der Waals surface area contributed by atoms with Crippen molar-refractivity contribution in [2.24, 2.45) is 5.73 Å². The summed E-state index contributed by atoms with van der Waals surface area (Å²) >= 11 is 0. The number of carbonyl (C=O) groups is 1. The van der Waals surface area contributed by atoms with Crippen LogP contribution in [0.15, 0.2) is 24.3 Å². The number of amides is 1. The molecule has 1 atom stereocenters. The van der Waals surface area contributed by atoms with Crippen molar-refractivity contribution in [1.82, 2.24) is 4.90 Å². The maximum Gasteiger partial charge on any atom is 0.419 e. The van der Waals surface area contributed by atoms with Crippen molar-refractivity contribution in [1.29, 1.82) is 0 Å². The van der Waals surface area contributed by atoms with Crippen molar-refractivity contribution in [3.05, 3.63) is 29.8 Å². The van der Waals surface area contributed by atoms with Crippen LogP contribution in [0.25, 0.3) is 0 Å². The predicted octanol–water partition coefficient (Wildman–Crippen LogP) is 1.64. The highest BCUT2D eigenvalue weighted by atomic mass is 19.4. The van der Waals surface area contributed by atoms with E-state index in [1.807, 2.05) is 0 Å². The largest absolute Gasteiger partial charge is 0.490 e. The SMILES string of the molecule is CN(CC(O)COc1ccccc1C(F)(F)F)C(=O)C(C)(C)N. The third-order valence-electron chi connectivity index (χ3n) is 3.01. The van der Waals surface area contributed by atoms with E-state index in [1.54, 1.807) is 0 Å². The van der Waals surface area contributed by atoms with Crippen LogP contribution in [0.4, 0.5) is 13.2 Å². The first-order valence-electron chi connectivity index (χ1n) is 6.94. The van der Waals surface area contributed by atoms with E-state index < -0.39 is 29.3 Å². The fourth-order valence-electron chi connectivity index (χ4n) is 1.96. The second-order valence-corrected chi connectivity index (χ2v) is 5.87. The number of nitrogens with two attached hydrogens (primary N) is 1. The van der Waals surface area contributed by atoms with Gasteiger partial charge >= 0.3 is 6.18 Å². The average Bonchev–Trinajstić information content (AvgIpc) is 2.42. The molecule has 0 aliphatic rings. The van der Waals surface area contributed by atoms with Crippen LogP contribution < -0.4 is 10.5 Å². The van der Waals surface area contributed by atoms with Crippen molar-refractivity contribution in [2.45, 2.75) is 31.7 Å². The number of likely N-dealkylation sites (N-methyl/N-ethyl adjacent to an activating group) is 1. The summed E-state index contributed by atoms with van der Waals surface area (Å²) in [7, 11) is 1.45. The Hall–Kier alpha value is -1.80. The number of benzene rings is 1. The van der Waals surface area contributed by atoms with Gasteiger partial charge < -0.3 is 20.5 Å². The molecule has 0 spiro atoms. The highest BCUT2D eigenvalue weighted by molar-refractivity contribution is 5.84. The lowest BCUT2D eigenvalue weighted by Gasteiger charge is -2.27. The first kappa shape index (κ1) is 19.2. The number of nitrogens with zero attached hydrogens (tertiary/aromatic N) is 1. The van der Waals surface area contributed by atoms with Gasteiger partial charge in [-0.1, -0.05) is 12.1 Å². The lowest BCUT2D eigenvalue weighted by atomic mass is 10.1. The molecule has 0 fully saturated rings. The first-order valence-corrected chi connectivity index (χ1v) is 6.94. The molecule has 3 N–H and O–H groups in total. The lowest BCUT2D eigenvalue weighted by molar-refractivity contribution is -0.139. The number of carbonyl (C=O) groups excluding carboxylic acids is 1. The van der Waals surface area contributed by atoms with E-state index in [1.165, 1.54) is 44.0 Å². The Balaban J connectivity index is 2.64. The summed E-state index contributed by atoms with van der Waals surface area (Å²) < 4.78 is 43.5. The quantitative estimate of drug-likeness (QED) is 0.829. The van der Waals surface area contributed by atoms with Crippen LogP contribution in [-0.2, 0) is 11.0 Å². The van der Waals surface area contributed by atoms with E-state index in [9.17, 15) is 23.1 Å². The Morgan fingerprint density at radius 1 is 1.35 bits per heavy atom. The Bertz CT molecular complexity index is 542. The number of alkyl halides is 3. The molecule has 1 unspecified atom stereocenters. The first-order chi connectivity index (χ1) is 10.4. The van der Waals surface area contributed by atoms with Gasteiger partial charge in [-0.15, -0.1) is 0 Å². The normalized spacial score (nSPS) is 13.6. The second kappa shape index (κ2) is 7.18. The molecule has 130 valence electrons. The molecule has 0 aliphatic carbocycles. The second-order valence-electron chi connectivity index (χ2n) is 5.87. The summed E-state index contributed by atoms with van der Waals surface area (Å²) in [6.07, 6.45) is -5.69. The van der Waals surface area contributed by atoms with Crippen LogP contribution >= 0.6 is 0 Å². The van der Waals surface area contributed by atoms with Crippen molar-refractivity contribution < 1.29 is 27.8 Å². The maximum atomic E-state index is 12.8. The van der Waals surface area contributed by atoms with E-state index in [-0.39, 0.29) is 18.9 Å². The molecule has 0 aromatic heterocycles. The molecule has 0 bridgehead atoms. The van der Waals surface area contributed by atoms with Crippen molar-refractivity contribution in [3.8, 4) is 5.75 Å². The highest BCUT2D eigenvalue weighted by Gasteiger charge is 2.34. The number of ether oxygens (including phenoxy) is 1. The molecule has 23 heavy (non-hydrogen) atoms. The number of aliphatic hydroxyl groups is 1. The van der Waals surface area contributed by atoms with E-state index in [0.717, 1.165) is 6.07 Å². The number of aliphatic hydroxyl groups excluding tert-OH is 1. The molecule has 1 rings (SSSR count). The molecule has 1 aromatic rings. The van der Waals surface area contributed by atoms with E-state index in [0.29, 0.717) is 0 Å². The molecular weight excluding hydrogens is 313 g/mol. The Morgan fingerprint density at radius 2 is 1.91 bits per heavy atom. The lowest BCUT2D eigenvalue weighted by Crippen LogP contribution is -2.51. The van der Waals surface area contributed by atoms with Crippen molar-refractivity contribution >= 4 is 5.91 Å². The van der Waals surface area contributed by atoms with E-state index in [4.69, 9.17) is 10.5 Å². The van der Waals surface area contributed by atoms with Crippen LogP contribution in [0.5, 0.6) is 5.75 Å². The van der Waals surface area contributed by atoms with Gasteiger partial charge in [0.1, 0.15) is 18.5 Å². The van der Waals surface area contributed by atoms with Gasteiger partial charge in [0.05, 0.1) is 11.1 Å². The maximum absolute atomic E-state index is 12.8. The van der Waals surface area contributed by atoms with Crippen molar-refractivity contribution in [2.75, 3.05) is 20.2 Å². The fourth-order valence-corrected chi connectivity index (χ4v) is 1.96. The van der Waals surface area contributed by atoms with Gasteiger partial charge in [-0.3, -0.25) is 4.79 Å². The predicted molar refractivity (Wildman–Crippen MR) is 78.8 cm³/mol. The summed E-state index contributed by atoms with van der Waals surface area (Å²) in [5.41, 5.74) is 3.64. The van der Waals surface area contributed by atoms with Gasteiger partial charge in [-0.25, -0.2) is 0 Å². The number of hydrogen-bond donors (Lipinski definition) is 2. The summed E-state index contributed by atoms with van der Waals surface area (Å²) in [5, 5.41) is 9.85. The molecule has 0 saturated heterocycles. The summed E-state index contributed by atoms with van der Waals surface area (Å²) in [6.45, 7) is 2.56. The van der Waals surface area contributed by atoms with Gasteiger partial charge in [0.2, 0.25) is 5.91 Å². The average molecular weight is 334 g/mol. The Labute approximate surface area is 132 Å². The van der Waals surface area contributed by atoms with Gasteiger partial charge in [-0.05, 0) is 26.0 Å². The molecule has 1 aromatic carbocycles. The number of para-hydroxylation sites is 1. The van der Waals surface area contributed by atoms with E-state index >= 15 is 0 Å². The number of rotatable bonds is 6. The minimum absolute atomic E-state index is 0.104. The van der Waals surface area contributed by atoms with Gasteiger partial charge in [0, 0.05) is 13.6 Å². The molecule has 0 saturated carbocycles. The molecule has 0 heterocycles. The van der Waals surface area contributed by atoms with Crippen LogP contribution in [0.1, 0.15) is 19.4 Å². The molecule has 0 radical (unpaired) electrons. The molecule has 8 heteroatoms. The van der Waals surface area contributed by atoms with Crippen molar-refractivity contribution in [3.63, 3.8) is 0 Å². The minimum atomic E-state index is -4.54. The van der Waals surface area contributed by atoms with Crippen LogP contribution in [0.2, 0.25) is 0 Å². The topological polar surface area (TPSA) is 75.8 Å². The summed E-state index contributed by atoms with van der Waals surface area (Å²) in [4.78, 5) is 13.1. The number of hydrogen-bond acceptors (Lipinski definition) is 4. The van der Waals surface area contributed by atoms with Gasteiger partial charge in [0.15, 0.2) is 0 Å². The molecule has 0 aliphatic heterocycles.